The molecular formula is C17H24O. The molecule has 1 heterocycles. The molecule has 2 rings (SSSR count). The van der Waals surface area contributed by atoms with E-state index in [0.717, 1.165) is 13.0 Å². The third-order valence-corrected chi connectivity index (χ3v) is 3.86. The zero-order valence-corrected chi connectivity index (χ0v) is 11.9. The minimum Gasteiger partial charge on any atom is -0.501 e. The van der Waals surface area contributed by atoms with Crippen LogP contribution in [0.3, 0.4) is 0 Å². The van der Waals surface area contributed by atoms with Gasteiger partial charge in [0, 0.05) is 0 Å². The van der Waals surface area contributed by atoms with Crippen LogP contribution in [0.2, 0.25) is 0 Å². The van der Waals surface area contributed by atoms with Crippen LogP contribution in [0.25, 0.3) is 6.08 Å². The second-order valence-electron chi connectivity index (χ2n) is 5.82. The fourth-order valence-electron chi connectivity index (χ4n) is 2.87. The van der Waals surface area contributed by atoms with E-state index in [-0.39, 0.29) is 0 Å². The summed E-state index contributed by atoms with van der Waals surface area (Å²) in [6.07, 6.45) is 5.08. The van der Waals surface area contributed by atoms with Crippen LogP contribution >= 0.6 is 0 Å². The van der Waals surface area contributed by atoms with Gasteiger partial charge in [0.15, 0.2) is 0 Å². The SMILES string of the molecule is CC(C)c1cccc2c1C(C(C)C)CCO/C=C\2. The largest absolute Gasteiger partial charge is 0.501 e. The average Bonchev–Trinajstić information content (AvgIpc) is 2.28. The number of hydrogen-bond donors (Lipinski definition) is 0. The minimum absolute atomic E-state index is 0.579. The molecule has 1 aromatic rings. The number of benzene rings is 1. The molecule has 0 saturated carbocycles. The Labute approximate surface area is 111 Å². The molecule has 1 unspecified atom stereocenters. The molecule has 0 aromatic heterocycles. The molecule has 18 heavy (non-hydrogen) atoms. The van der Waals surface area contributed by atoms with Crippen LogP contribution in [0.15, 0.2) is 24.5 Å². The first kappa shape index (κ1) is 13.2. The summed E-state index contributed by atoms with van der Waals surface area (Å²) in [6, 6.07) is 6.66. The second kappa shape index (κ2) is 5.60. The molecule has 1 nitrogen and oxygen atoms in total. The van der Waals surface area contributed by atoms with Gasteiger partial charge in [0.25, 0.3) is 0 Å². The van der Waals surface area contributed by atoms with E-state index < -0.39 is 0 Å². The number of hydrogen-bond acceptors (Lipinski definition) is 1. The zero-order chi connectivity index (χ0) is 13.1. The van der Waals surface area contributed by atoms with Crippen LogP contribution in [-0.4, -0.2) is 6.61 Å². The van der Waals surface area contributed by atoms with Crippen LogP contribution in [0, 0.1) is 5.92 Å². The summed E-state index contributed by atoms with van der Waals surface area (Å²) in [5, 5.41) is 0. The molecule has 0 spiro atoms. The Bertz CT molecular complexity index is 429. The number of ether oxygens (including phenoxy) is 1. The fourth-order valence-corrected chi connectivity index (χ4v) is 2.87. The summed E-state index contributed by atoms with van der Waals surface area (Å²) >= 11 is 0. The summed E-state index contributed by atoms with van der Waals surface area (Å²) in [4.78, 5) is 0. The standard InChI is InChI=1S/C17H24O/c1-12(2)15-7-5-6-14-8-10-18-11-9-16(13(3)4)17(14)15/h5-8,10,12-13,16H,9,11H2,1-4H3/b10-8-. The average molecular weight is 244 g/mol. The van der Waals surface area contributed by atoms with Crippen molar-refractivity contribution in [2.24, 2.45) is 5.92 Å². The Morgan fingerprint density at radius 2 is 1.94 bits per heavy atom. The van der Waals surface area contributed by atoms with Crippen molar-refractivity contribution in [3.63, 3.8) is 0 Å². The first-order chi connectivity index (χ1) is 8.61. The second-order valence-corrected chi connectivity index (χ2v) is 5.82. The molecule has 1 atom stereocenters. The normalized spacial score (nSPS) is 21.1. The summed E-state index contributed by atoms with van der Waals surface area (Å²) in [7, 11) is 0. The first-order valence-corrected chi connectivity index (χ1v) is 7.02. The van der Waals surface area contributed by atoms with E-state index in [1.807, 2.05) is 6.26 Å². The molecule has 0 bridgehead atoms. The highest BCUT2D eigenvalue weighted by atomic mass is 16.5. The summed E-state index contributed by atoms with van der Waals surface area (Å²) in [6.45, 7) is 10.0. The van der Waals surface area contributed by atoms with Crippen molar-refractivity contribution < 1.29 is 4.74 Å². The lowest BCUT2D eigenvalue weighted by Gasteiger charge is -2.28. The first-order valence-electron chi connectivity index (χ1n) is 7.02. The highest BCUT2D eigenvalue weighted by molar-refractivity contribution is 5.57. The van der Waals surface area contributed by atoms with Gasteiger partial charge in [-0.25, -0.2) is 0 Å². The molecule has 1 heteroatoms. The van der Waals surface area contributed by atoms with Crippen molar-refractivity contribution in [3.05, 3.63) is 41.2 Å². The van der Waals surface area contributed by atoms with E-state index >= 15 is 0 Å². The van der Waals surface area contributed by atoms with E-state index in [1.54, 1.807) is 5.56 Å². The number of rotatable bonds is 2. The maximum absolute atomic E-state index is 5.53. The van der Waals surface area contributed by atoms with Crippen LogP contribution in [-0.2, 0) is 4.74 Å². The van der Waals surface area contributed by atoms with Gasteiger partial charge >= 0.3 is 0 Å². The predicted octanol–water partition coefficient (Wildman–Crippen LogP) is 4.94. The smallest absolute Gasteiger partial charge is 0.0879 e. The highest BCUT2D eigenvalue weighted by Gasteiger charge is 2.23. The van der Waals surface area contributed by atoms with Crippen LogP contribution in [0.5, 0.6) is 0 Å². The van der Waals surface area contributed by atoms with Gasteiger partial charge in [-0.05, 0) is 46.9 Å². The molecule has 0 radical (unpaired) electrons. The third-order valence-electron chi connectivity index (χ3n) is 3.86. The Kier molecular flexibility index (Phi) is 4.11. The topological polar surface area (TPSA) is 9.23 Å². The molecule has 1 aromatic carbocycles. The Morgan fingerprint density at radius 1 is 1.17 bits per heavy atom. The van der Waals surface area contributed by atoms with Gasteiger partial charge in [0.1, 0.15) is 0 Å². The van der Waals surface area contributed by atoms with E-state index in [4.69, 9.17) is 4.74 Å². The van der Waals surface area contributed by atoms with Crippen molar-refractivity contribution in [2.75, 3.05) is 6.61 Å². The molecule has 1 aliphatic heterocycles. The predicted molar refractivity (Wildman–Crippen MR) is 77.7 cm³/mol. The monoisotopic (exact) mass is 244 g/mol. The van der Waals surface area contributed by atoms with Crippen molar-refractivity contribution in [3.8, 4) is 0 Å². The van der Waals surface area contributed by atoms with E-state index in [2.05, 4.69) is 52.0 Å². The van der Waals surface area contributed by atoms with Crippen LogP contribution in [0.4, 0.5) is 0 Å². The third kappa shape index (κ3) is 2.60. The van der Waals surface area contributed by atoms with Gasteiger partial charge in [0.2, 0.25) is 0 Å². The van der Waals surface area contributed by atoms with Gasteiger partial charge in [-0.15, -0.1) is 0 Å². The molecule has 0 N–H and O–H groups in total. The lowest BCUT2D eigenvalue weighted by molar-refractivity contribution is 0.225. The van der Waals surface area contributed by atoms with Crippen LogP contribution in [0.1, 0.15) is 62.6 Å². The fraction of sp³-hybridized carbons (Fsp3) is 0.529. The molecule has 0 amide bonds. The van der Waals surface area contributed by atoms with Crippen molar-refractivity contribution in [2.45, 2.75) is 46.0 Å². The molecule has 0 saturated heterocycles. The Morgan fingerprint density at radius 3 is 2.61 bits per heavy atom. The highest BCUT2D eigenvalue weighted by Crippen LogP contribution is 2.37. The maximum atomic E-state index is 5.53. The Hall–Kier alpha value is -1.24. The number of fused-ring (bicyclic) bond motifs is 1. The van der Waals surface area contributed by atoms with Gasteiger partial charge in [0.05, 0.1) is 12.9 Å². The van der Waals surface area contributed by atoms with E-state index in [9.17, 15) is 0 Å². The quantitative estimate of drug-likeness (QED) is 0.716. The van der Waals surface area contributed by atoms with Crippen molar-refractivity contribution in [1.82, 2.24) is 0 Å². The zero-order valence-electron chi connectivity index (χ0n) is 11.9. The van der Waals surface area contributed by atoms with E-state index in [0.29, 0.717) is 17.8 Å². The molecular weight excluding hydrogens is 220 g/mol. The van der Waals surface area contributed by atoms with Gasteiger partial charge < -0.3 is 4.74 Å². The summed E-state index contributed by atoms with van der Waals surface area (Å²) in [5.41, 5.74) is 4.37. The lowest BCUT2D eigenvalue weighted by atomic mass is 9.78. The molecule has 98 valence electrons. The molecule has 0 fully saturated rings. The van der Waals surface area contributed by atoms with Gasteiger partial charge in [-0.3, -0.25) is 0 Å². The van der Waals surface area contributed by atoms with Crippen molar-refractivity contribution in [1.29, 1.82) is 0 Å². The lowest BCUT2D eigenvalue weighted by Crippen LogP contribution is -2.15. The van der Waals surface area contributed by atoms with E-state index in [1.165, 1.54) is 11.1 Å². The maximum Gasteiger partial charge on any atom is 0.0879 e. The minimum atomic E-state index is 0.579. The molecule has 0 aliphatic carbocycles. The van der Waals surface area contributed by atoms with Gasteiger partial charge in [-0.2, -0.15) is 0 Å². The summed E-state index contributed by atoms with van der Waals surface area (Å²) in [5.74, 6) is 1.83. The van der Waals surface area contributed by atoms with Crippen molar-refractivity contribution >= 4 is 6.08 Å². The Balaban J connectivity index is 2.58. The van der Waals surface area contributed by atoms with Crippen LogP contribution < -0.4 is 0 Å². The molecule has 1 aliphatic rings. The summed E-state index contributed by atoms with van der Waals surface area (Å²) < 4.78 is 5.53. The van der Waals surface area contributed by atoms with Gasteiger partial charge in [-0.1, -0.05) is 45.9 Å².